The van der Waals surface area contributed by atoms with Crippen LogP contribution in [0.2, 0.25) is 0 Å². The number of nitrogens with one attached hydrogen (secondary N) is 1. The summed E-state index contributed by atoms with van der Waals surface area (Å²) in [5, 5.41) is 3.42. The van der Waals surface area contributed by atoms with Crippen LogP contribution in [0.15, 0.2) is 65.3 Å². The lowest BCUT2D eigenvalue weighted by atomic mass is 10.0. The Morgan fingerprint density at radius 1 is 1.03 bits per heavy atom. The van der Waals surface area contributed by atoms with Crippen LogP contribution in [-0.4, -0.2) is 30.3 Å². The number of allylic oxidation sites excluding steroid dienone is 1. The lowest BCUT2D eigenvalue weighted by Crippen LogP contribution is -2.21. The normalized spacial score (nSPS) is 14.8. The topological polar surface area (TPSA) is 99.9 Å². The molecule has 0 fully saturated rings. The standard InChI is InChI=1S/C27H20N2O6/c30-24(28-17-8-10-22-23(13-17)35-15-34-22)14-33-27(31)25-19-5-1-2-6-21(19)29-26-16(7-9-20(25)26)12-18-4-3-11-32-18/h1-6,8,10-13H,7,9,14-15H2,(H,28,30). The maximum Gasteiger partial charge on any atom is 0.339 e. The number of fused-ring (bicyclic) bond motifs is 3. The van der Waals surface area contributed by atoms with Gasteiger partial charge in [-0.3, -0.25) is 4.79 Å². The summed E-state index contributed by atoms with van der Waals surface area (Å²) in [7, 11) is 0. The molecule has 1 aliphatic carbocycles. The molecular weight excluding hydrogens is 448 g/mol. The fraction of sp³-hybridized carbons (Fsp3) is 0.148. The van der Waals surface area contributed by atoms with Crippen LogP contribution in [0.3, 0.4) is 0 Å². The van der Waals surface area contributed by atoms with Crippen molar-refractivity contribution in [1.29, 1.82) is 0 Å². The number of aromatic nitrogens is 1. The van der Waals surface area contributed by atoms with Crippen molar-refractivity contribution >= 4 is 40.1 Å². The van der Waals surface area contributed by atoms with Crippen molar-refractivity contribution in [3.63, 3.8) is 0 Å². The molecule has 2 aliphatic rings. The second-order valence-corrected chi connectivity index (χ2v) is 8.21. The van der Waals surface area contributed by atoms with E-state index in [2.05, 4.69) is 5.32 Å². The lowest BCUT2D eigenvalue weighted by molar-refractivity contribution is -0.119. The average Bonchev–Trinajstić information content (AvgIpc) is 3.63. The Hall–Kier alpha value is -4.59. The van der Waals surface area contributed by atoms with Crippen molar-refractivity contribution in [3.05, 3.63) is 83.4 Å². The fourth-order valence-corrected chi connectivity index (χ4v) is 4.43. The summed E-state index contributed by atoms with van der Waals surface area (Å²) in [5.74, 6) is 0.892. The van der Waals surface area contributed by atoms with Gasteiger partial charge in [0.05, 0.1) is 23.0 Å². The number of esters is 1. The molecule has 174 valence electrons. The number of benzene rings is 2. The third kappa shape index (κ3) is 3.99. The van der Waals surface area contributed by atoms with Crippen molar-refractivity contribution < 1.29 is 28.2 Å². The van der Waals surface area contributed by atoms with Gasteiger partial charge in [0.2, 0.25) is 6.79 Å². The van der Waals surface area contributed by atoms with Gasteiger partial charge in [-0.2, -0.15) is 0 Å². The van der Waals surface area contributed by atoms with Crippen LogP contribution in [0.25, 0.3) is 22.6 Å². The van der Waals surface area contributed by atoms with Gasteiger partial charge in [-0.05, 0) is 60.4 Å². The monoisotopic (exact) mass is 468 g/mol. The van der Waals surface area contributed by atoms with Crippen molar-refractivity contribution in [2.24, 2.45) is 0 Å². The third-order valence-corrected chi connectivity index (χ3v) is 6.00. The van der Waals surface area contributed by atoms with E-state index in [9.17, 15) is 9.59 Å². The fourth-order valence-electron chi connectivity index (χ4n) is 4.43. The summed E-state index contributed by atoms with van der Waals surface area (Å²) < 4.78 is 21.5. The number of hydrogen-bond donors (Lipinski definition) is 1. The molecule has 0 saturated heterocycles. The maximum atomic E-state index is 13.2. The number of para-hydroxylation sites is 1. The SMILES string of the molecule is O=C(COC(=O)c1c2c(nc3ccccc13)C(=Cc1ccco1)CC2)Nc1ccc2c(c1)OCO2. The second kappa shape index (κ2) is 8.64. The molecule has 1 N–H and O–H groups in total. The predicted molar refractivity (Wildman–Crippen MR) is 128 cm³/mol. The average molecular weight is 468 g/mol. The van der Waals surface area contributed by atoms with E-state index in [1.165, 1.54) is 0 Å². The van der Waals surface area contributed by atoms with Gasteiger partial charge in [0.15, 0.2) is 18.1 Å². The highest BCUT2D eigenvalue weighted by Gasteiger charge is 2.28. The van der Waals surface area contributed by atoms with Gasteiger partial charge >= 0.3 is 5.97 Å². The summed E-state index contributed by atoms with van der Waals surface area (Å²) in [6.07, 6.45) is 4.94. The zero-order valence-electron chi connectivity index (χ0n) is 18.6. The van der Waals surface area contributed by atoms with E-state index < -0.39 is 18.5 Å². The van der Waals surface area contributed by atoms with Gasteiger partial charge in [-0.25, -0.2) is 9.78 Å². The van der Waals surface area contributed by atoms with Crippen LogP contribution in [0.1, 0.15) is 33.8 Å². The van der Waals surface area contributed by atoms with Crippen molar-refractivity contribution in [1.82, 2.24) is 4.98 Å². The van der Waals surface area contributed by atoms with Gasteiger partial charge in [0, 0.05) is 17.1 Å². The molecule has 3 heterocycles. The molecule has 2 aromatic carbocycles. The number of ether oxygens (including phenoxy) is 3. The van der Waals surface area contributed by atoms with Crippen LogP contribution in [0.4, 0.5) is 5.69 Å². The highest BCUT2D eigenvalue weighted by Crippen LogP contribution is 2.38. The van der Waals surface area contributed by atoms with E-state index >= 15 is 0 Å². The quantitative estimate of drug-likeness (QED) is 0.419. The Balaban J connectivity index is 1.25. The molecule has 0 saturated carbocycles. The molecule has 2 aromatic heterocycles. The highest BCUT2D eigenvalue weighted by atomic mass is 16.7. The minimum Gasteiger partial charge on any atom is -0.465 e. The maximum absolute atomic E-state index is 13.2. The van der Waals surface area contributed by atoms with Crippen LogP contribution >= 0.6 is 0 Å². The number of furan rings is 1. The number of carbonyl (C=O) groups is 2. The zero-order valence-corrected chi connectivity index (χ0v) is 18.6. The summed E-state index contributed by atoms with van der Waals surface area (Å²) in [6.45, 7) is -0.277. The lowest BCUT2D eigenvalue weighted by Gasteiger charge is -2.12. The van der Waals surface area contributed by atoms with Crippen molar-refractivity contribution in [2.75, 3.05) is 18.7 Å². The molecule has 0 bridgehead atoms. The molecular formula is C27H20N2O6. The smallest absolute Gasteiger partial charge is 0.339 e. The van der Waals surface area contributed by atoms with E-state index in [-0.39, 0.29) is 6.79 Å². The molecule has 6 rings (SSSR count). The molecule has 1 aliphatic heterocycles. The predicted octanol–water partition coefficient (Wildman–Crippen LogP) is 4.84. The summed E-state index contributed by atoms with van der Waals surface area (Å²) in [5.41, 5.74) is 4.24. The van der Waals surface area contributed by atoms with Crippen molar-refractivity contribution in [3.8, 4) is 11.5 Å². The number of nitrogens with zero attached hydrogens (tertiary/aromatic N) is 1. The number of hydrogen-bond acceptors (Lipinski definition) is 7. The van der Waals surface area contributed by atoms with Gasteiger partial charge < -0.3 is 23.9 Å². The van der Waals surface area contributed by atoms with Crippen LogP contribution in [-0.2, 0) is 16.0 Å². The van der Waals surface area contributed by atoms with Gasteiger partial charge in [0.25, 0.3) is 5.91 Å². The molecule has 4 aromatic rings. The van der Waals surface area contributed by atoms with Crippen molar-refractivity contribution in [2.45, 2.75) is 12.8 Å². The first-order valence-electron chi connectivity index (χ1n) is 11.2. The van der Waals surface area contributed by atoms with E-state index in [4.69, 9.17) is 23.6 Å². The number of pyridine rings is 1. The Morgan fingerprint density at radius 2 is 1.91 bits per heavy atom. The highest BCUT2D eigenvalue weighted by molar-refractivity contribution is 6.08. The van der Waals surface area contributed by atoms with Crippen LogP contribution in [0.5, 0.6) is 11.5 Å². The molecule has 0 radical (unpaired) electrons. The van der Waals surface area contributed by atoms with Crippen LogP contribution in [0, 0.1) is 0 Å². The molecule has 8 heteroatoms. The summed E-state index contributed by atoms with van der Waals surface area (Å²) in [6, 6.07) is 16.2. The third-order valence-electron chi connectivity index (χ3n) is 6.00. The second-order valence-electron chi connectivity index (χ2n) is 8.21. The Labute approximate surface area is 200 Å². The first-order valence-corrected chi connectivity index (χ1v) is 11.2. The van der Waals surface area contributed by atoms with Crippen LogP contribution < -0.4 is 14.8 Å². The van der Waals surface area contributed by atoms with E-state index in [0.717, 1.165) is 29.0 Å². The van der Waals surface area contributed by atoms with E-state index in [0.29, 0.717) is 40.1 Å². The minimum atomic E-state index is -0.556. The summed E-state index contributed by atoms with van der Waals surface area (Å²) in [4.78, 5) is 30.6. The molecule has 1 amide bonds. The van der Waals surface area contributed by atoms with Gasteiger partial charge in [0.1, 0.15) is 5.76 Å². The molecule has 0 atom stereocenters. The first kappa shape index (κ1) is 21.0. The molecule has 0 spiro atoms. The molecule has 0 unspecified atom stereocenters. The van der Waals surface area contributed by atoms with E-state index in [1.807, 2.05) is 42.5 Å². The van der Waals surface area contributed by atoms with Gasteiger partial charge in [-0.15, -0.1) is 0 Å². The summed E-state index contributed by atoms with van der Waals surface area (Å²) >= 11 is 0. The number of anilines is 1. The number of carbonyl (C=O) groups excluding carboxylic acids is 2. The van der Waals surface area contributed by atoms with Gasteiger partial charge in [-0.1, -0.05) is 18.2 Å². The Morgan fingerprint density at radius 3 is 2.80 bits per heavy atom. The minimum absolute atomic E-state index is 0.146. The Bertz CT molecular complexity index is 1490. The Kier molecular flexibility index (Phi) is 5.18. The van der Waals surface area contributed by atoms with E-state index in [1.54, 1.807) is 24.5 Å². The largest absolute Gasteiger partial charge is 0.465 e. The zero-order chi connectivity index (χ0) is 23.8. The first-order chi connectivity index (χ1) is 17.2. The molecule has 35 heavy (non-hydrogen) atoms. The molecule has 8 nitrogen and oxygen atoms in total. The number of rotatable bonds is 5. The number of amides is 1.